The maximum absolute atomic E-state index is 13.5. The number of nitrogens with two attached hydrogens (primary N) is 1. The highest BCUT2D eigenvalue weighted by Crippen LogP contribution is 2.37. The molecule has 100 valence electrons. The molecule has 0 atom stereocenters. The van der Waals surface area contributed by atoms with Gasteiger partial charge in [0.1, 0.15) is 5.82 Å². The second-order valence-corrected chi connectivity index (χ2v) is 4.91. The molecule has 1 nitrogen and oxygen atoms in total. The lowest BCUT2D eigenvalue weighted by atomic mass is 9.77. The zero-order valence-electron chi connectivity index (χ0n) is 9.86. The molecule has 1 saturated carbocycles. The molecule has 0 spiro atoms. The molecule has 18 heavy (non-hydrogen) atoms. The normalized spacial score (nSPS) is 19.8. The van der Waals surface area contributed by atoms with Crippen molar-refractivity contribution in [3.63, 3.8) is 0 Å². The predicted molar refractivity (Wildman–Crippen MR) is 60.4 cm³/mol. The van der Waals surface area contributed by atoms with Crippen LogP contribution < -0.4 is 5.73 Å². The monoisotopic (exact) mass is 261 g/mol. The largest absolute Gasteiger partial charge is 0.419 e. The molecule has 1 aliphatic rings. The Morgan fingerprint density at radius 1 is 1.06 bits per heavy atom. The topological polar surface area (TPSA) is 26.0 Å². The van der Waals surface area contributed by atoms with E-state index >= 15 is 0 Å². The molecule has 0 bridgehead atoms. The Hall–Kier alpha value is -1.10. The summed E-state index contributed by atoms with van der Waals surface area (Å²) >= 11 is 0. The van der Waals surface area contributed by atoms with Crippen LogP contribution in [0, 0.1) is 5.82 Å². The Balaban J connectivity index is 2.34. The van der Waals surface area contributed by atoms with Crippen molar-refractivity contribution in [3.8, 4) is 0 Å². The van der Waals surface area contributed by atoms with Gasteiger partial charge >= 0.3 is 6.18 Å². The van der Waals surface area contributed by atoms with Gasteiger partial charge in [-0.2, -0.15) is 13.2 Å². The van der Waals surface area contributed by atoms with Gasteiger partial charge in [0.05, 0.1) is 5.56 Å². The lowest BCUT2D eigenvalue weighted by Gasteiger charge is -2.34. The Morgan fingerprint density at radius 2 is 1.67 bits per heavy atom. The minimum Gasteiger partial charge on any atom is -0.321 e. The Bertz CT molecular complexity index is 433. The summed E-state index contributed by atoms with van der Waals surface area (Å²) in [5.74, 6) is -1.24. The van der Waals surface area contributed by atoms with Gasteiger partial charge < -0.3 is 5.73 Å². The third-order valence-corrected chi connectivity index (χ3v) is 3.60. The molecule has 1 aromatic rings. The van der Waals surface area contributed by atoms with Crippen molar-refractivity contribution in [2.45, 2.75) is 43.8 Å². The molecule has 0 amide bonds. The molecule has 0 aliphatic heterocycles. The van der Waals surface area contributed by atoms with Crippen LogP contribution in [0.2, 0.25) is 0 Å². The molecule has 0 aromatic heterocycles. The fourth-order valence-corrected chi connectivity index (χ4v) is 2.53. The first-order valence-corrected chi connectivity index (χ1v) is 5.99. The van der Waals surface area contributed by atoms with Crippen molar-refractivity contribution in [1.82, 2.24) is 0 Å². The SMILES string of the molecule is NC1(c2ccc(C(F)(F)F)c(F)c2)CCCCC1. The zero-order chi connectivity index (χ0) is 13.4. The van der Waals surface area contributed by atoms with Gasteiger partial charge in [0, 0.05) is 5.54 Å². The smallest absolute Gasteiger partial charge is 0.321 e. The number of alkyl halides is 3. The number of hydrogen-bond donors (Lipinski definition) is 1. The highest BCUT2D eigenvalue weighted by atomic mass is 19.4. The van der Waals surface area contributed by atoms with Crippen LogP contribution in [0.5, 0.6) is 0 Å². The van der Waals surface area contributed by atoms with Crippen LogP contribution in [-0.2, 0) is 11.7 Å². The van der Waals surface area contributed by atoms with Crippen molar-refractivity contribution in [2.24, 2.45) is 5.73 Å². The number of rotatable bonds is 1. The van der Waals surface area contributed by atoms with Gasteiger partial charge in [0.25, 0.3) is 0 Å². The minimum absolute atomic E-state index is 0.465. The number of benzene rings is 1. The summed E-state index contributed by atoms with van der Waals surface area (Å²) in [5.41, 5.74) is 4.72. The van der Waals surface area contributed by atoms with Gasteiger partial charge in [-0.15, -0.1) is 0 Å². The van der Waals surface area contributed by atoms with E-state index in [1.165, 1.54) is 6.07 Å². The second kappa shape index (κ2) is 4.53. The molecular formula is C13H15F4N. The van der Waals surface area contributed by atoms with E-state index in [-0.39, 0.29) is 0 Å². The van der Waals surface area contributed by atoms with Crippen LogP contribution in [0.3, 0.4) is 0 Å². The van der Waals surface area contributed by atoms with Crippen molar-refractivity contribution >= 4 is 0 Å². The standard InChI is InChI=1S/C13H15F4N/c14-11-8-9(4-5-10(11)13(15,16)17)12(18)6-2-1-3-7-12/h4-5,8H,1-3,6-7,18H2. The highest BCUT2D eigenvalue weighted by Gasteiger charge is 2.36. The summed E-state index contributed by atoms with van der Waals surface area (Å²) in [4.78, 5) is 0. The van der Waals surface area contributed by atoms with E-state index in [4.69, 9.17) is 5.73 Å². The van der Waals surface area contributed by atoms with Gasteiger partial charge in [0.15, 0.2) is 0 Å². The van der Waals surface area contributed by atoms with E-state index in [0.717, 1.165) is 31.4 Å². The maximum atomic E-state index is 13.5. The van der Waals surface area contributed by atoms with Crippen molar-refractivity contribution in [3.05, 3.63) is 35.1 Å². The van der Waals surface area contributed by atoms with Crippen LogP contribution in [0.4, 0.5) is 17.6 Å². The molecule has 0 saturated heterocycles. The molecule has 1 aliphatic carbocycles. The van der Waals surface area contributed by atoms with Gasteiger partial charge in [-0.1, -0.05) is 25.3 Å². The minimum atomic E-state index is -4.66. The van der Waals surface area contributed by atoms with Crippen molar-refractivity contribution in [2.75, 3.05) is 0 Å². The quantitative estimate of drug-likeness (QED) is 0.761. The summed E-state index contributed by atoms with van der Waals surface area (Å²) in [7, 11) is 0. The third kappa shape index (κ3) is 2.51. The first kappa shape index (κ1) is 13.3. The van der Waals surface area contributed by atoms with Crippen molar-refractivity contribution < 1.29 is 17.6 Å². The Labute approximate surface area is 103 Å². The van der Waals surface area contributed by atoms with Gasteiger partial charge in [-0.25, -0.2) is 4.39 Å². The van der Waals surface area contributed by atoms with Crippen LogP contribution in [0.15, 0.2) is 18.2 Å². The van der Waals surface area contributed by atoms with Crippen LogP contribution in [0.1, 0.15) is 43.2 Å². The fourth-order valence-electron chi connectivity index (χ4n) is 2.53. The van der Waals surface area contributed by atoms with E-state index in [2.05, 4.69) is 0 Å². The highest BCUT2D eigenvalue weighted by molar-refractivity contribution is 5.31. The first-order chi connectivity index (χ1) is 8.33. The van der Waals surface area contributed by atoms with E-state index < -0.39 is 23.1 Å². The number of hydrogen-bond acceptors (Lipinski definition) is 1. The van der Waals surface area contributed by atoms with Crippen molar-refractivity contribution in [1.29, 1.82) is 0 Å². The lowest BCUT2D eigenvalue weighted by molar-refractivity contribution is -0.140. The average Bonchev–Trinajstić information content (AvgIpc) is 2.28. The van der Waals surface area contributed by atoms with E-state index in [1.807, 2.05) is 0 Å². The van der Waals surface area contributed by atoms with Crippen LogP contribution in [0.25, 0.3) is 0 Å². The fraction of sp³-hybridized carbons (Fsp3) is 0.538. The van der Waals surface area contributed by atoms with Gasteiger partial charge in [-0.3, -0.25) is 0 Å². The molecule has 0 unspecified atom stereocenters. The molecule has 2 rings (SSSR count). The van der Waals surface area contributed by atoms with E-state index in [1.54, 1.807) is 0 Å². The summed E-state index contributed by atoms with van der Waals surface area (Å²) < 4.78 is 50.8. The summed E-state index contributed by atoms with van der Waals surface area (Å²) in [5, 5.41) is 0. The Kier molecular flexibility index (Phi) is 3.36. The average molecular weight is 261 g/mol. The molecule has 1 aromatic carbocycles. The van der Waals surface area contributed by atoms with E-state index in [0.29, 0.717) is 18.4 Å². The molecule has 0 heterocycles. The summed E-state index contributed by atoms with van der Waals surface area (Å²) in [6.45, 7) is 0. The molecule has 1 fully saturated rings. The lowest BCUT2D eigenvalue weighted by Crippen LogP contribution is -2.38. The number of halogens is 4. The molecule has 0 radical (unpaired) electrons. The molecule has 5 heteroatoms. The van der Waals surface area contributed by atoms with Gasteiger partial charge in [0.2, 0.25) is 0 Å². The molecular weight excluding hydrogens is 246 g/mol. The second-order valence-electron chi connectivity index (χ2n) is 4.91. The van der Waals surface area contributed by atoms with E-state index in [9.17, 15) is 17.6 Å². The van der Waals surface area contributed by atoms with Crippen LogP contribution in [-0.4, -0.2) is 0 Å². The summed E-state index contributed by atoms with van der Waals surface area (Å²) in [6.07, 6.45) is -0.340. The predicted octanol–water partition coefficient (Wildman–Crippen LogP) is 3.96. The third-order valence-electron chi connectivity index (χ3n) is 3.60. The first-order valence-electron chi connectivity index (χ1n) is 5.99. The van der Waals surface area contributed by atoms with Gasteiger partial charge in [-0.05, 0) is 30.5 Å². The zero-order valence-corrected chi connectivity index (χ0v) is 9.86. The summed E-state index contributed by atoms with van der Waals surface area (Å²) in [6, 6.07) is 3.03. The maximum Gasteiger partial charge on any atom is 0.419 e. The van der Waals surface area contributed by atoms with Crippen LogP contribution >= 0.6 is 0 Å². The Morgan fingerprint density at radius 3 is 2.17 bits per heavy atom. The molecule has 2 N–H and O–H groups in total.